The van der Waals surface area contributed by atoms with Crippen LogP contribution in [-0.4, -0.2) is 51.8 Å². The molecule has 0 rings (SSSR count). The van der Waals surface area contributed by atoms with Gasteiger partial charge in [0.15, 0.2) is 0 Å². The van der Waals surface area contributed by atoms with Crippen LogP contribution in [0.3, 0.4) is 0 Å². The molecule has 15 heavy (non-hydrogen) atoms. The van der Waals surface area contributed by atoms with Crippen LogP contribution in [0, 0.1) is 0 Å². The van der Waals surface area contributed by atoms with Gasteiger partial charge in [0.25, 0.3) is 0 Å². The van der Waals surface area contributed by atoms with Gasteiger partial charge in [-0.2, -0.15) is 0 Å². The zero-order valence-electron chi connectivity index (χ0n) is 9.86. The molecule has 0 fully saturated rings. The summed E-state index contributed by atoms with van der Waals surface area (Å²) < 4.78 is 25.3. The second kappa shape index (κ2) is 7.16. The second-order valence-electron chi connectivity index (χ2n) is 3.93. The molecule has 0 bridgehead atoms. The highest BCUT2D eigenvalue weighted by Gasteiger charge is 2.09. The van der Waals surface area contributed by atoms with Gasteiger partial charge in [0, 0.05) is 19.1 Å². The fourth-order valence-corrected chi connectivity index (χ4v) is 2.07. The van der Waals surface area contributed by atoms with Crippen molar-refractivity contribution in [3.8, 4) is 0 Å². The third-order valence-electron chi connectivity index (χ3n) is 2.29. The monoisotopic (exact) mass is 237 g/mol. The number of nitrogens with zero attached hydrogens (tertiary/aromatic N) is 1. The van der Waals surface area contributed by atoms with Crippen molar-refractivity contribution >= 4 is 10.0 Å². The van der Waals surface area contributed by atoms with Crippen LogP contribution in [0.25, 0.3) is 0 Å². The van der Waals surface area contributed by atoms with Gasteiger partial charge in [-0.15, -0.1) is 0 Å². The SMILES string of the molecule is CC(C)N(C)CCNS(=O)(=O)CCCN. The highest BCUT2D eigenvalue weighted by Crippen LogP contribution is 1.92. The summed E-state index contributed by atoms with van der Waals surface area (Å²) in [7, 11) is -1.15. The lowest BCUT2D eigenvalue weighted by atomic mass is 10.3. The molecule has 3 N–H and O–H groups in total. The molecular formula is C9H23N3O2S. The molecule has 0 aliphatic rings. The van der Waals surface area contributed by atoms with Crippen molar-refractivity contribution in [3.63, 3.8) is 0 Å². The van der Waals surface area contributed by atoms with Gasteiger partial charge in [-0.1, -0.05) is 0 Å². The largest absolute Gasteiger partial charge is 0.330 e. The predicted octanol–water partition coefficient (Wildman–Crippen LogP) is -0.405. The summed E-state index contributed by atoms with van der Waals surface area (Å²) in [5.41, 5.74) is 5.25. The smallest absolute Gasteiger partial charge is 0.211 e. The minimum absolute atomic E-state index is 0.120. The average Bonchev–Trinajstić information content (AvgIpc) is 2.14. The third-order valence-corrected chi connectivity index (χ3v) is 3.76. The Morgan fingerprint density at radius 2 is 2.00 bits per heavy atom. The molecule has 0 unspecified atom stereocenters. The van der Waals surface area contributed by atoms with Gasteiger partial charge in [-0.25, -0.2) is 13.1 Å². The van der Waals surface area contributed by atoms with E-state index < -0.39 is 10.0 Å². The summed E-state index contributed by atoms with van der Waals surface area (Å²) >= 11 is 0. The Morgan fingerprint density at radius 1 is 1.40 bits per heavy atom. The summed E-state index contributed by atoms with van der Waals surface area (Å²) in [6.45, 7) is 5.74. The van der Waals surface area contributed by atoms with Gasteiger partial charge in [-0.3, -0.25) is 0 Å². The van der Waals surface area contributed by atoms with Gasteiger partial charge < -0.3 is 10.6 Å². The van der Waals surface area contributed by atoms with Crippen molar-refractivity contribution in [2.45, 2.75) is 26.3 Å². The average molecular weight is 237 g/mol. The standard InChI is InChI=1S/C9H23N3O2S/c1-9(2)12(3)7-6-11-15(13,14)8-4-5-10/h9,11H,4-8,10H2,1-3H3. The summed E-state index contributed by atoms with van der Waals surface area (Å²) in [4.78, 5) is 2.09. The maximum atomic E-state index is 11.4. The molecule has 0 saturated heterocycles. The Kier molecular flexibility index (Phi) is 7.08. The highest BCUT2D eigenvalue weighted by atomic mass is 32.2. The highest BCUT2D eigenvalue weighted by molar-refractivity contribution is 7.89. The lowest BCUT2D eigenvalue weighted by Gasteiger charge is -2.20. The molecule has 0 aliphatic carbocycles. The molecule has 0 amide bonds. The van der Waals surface area contributed by atoms with Crippen LogP contribution in [0.15, 0.2) is 0 Å². The second-order valence-corrected chi connectivity index (χ2v) is 5.86. The van der Waals surface area contributed by atoms with Crippen LogP contribution in [-0.2, 0) is 10.0 Å². The van der Waals surface area contributed by atoms with E-state index in [2.05, 4.69) is 23.5 Å². The molecule has 0 saturated carbocycles. The Morgan fingerprint density at radius 3 is 2.47 bits per heavy atom. The zero-order chi connectivity index (χ0) is 11.9. The predicted molar refractivity (Wildman–Crippen MR) is 63.2 cm³/mol. The minimum Gasteiger partial charge on any atom is -0.330 e. The van der Waals surface area contributed by atoms with Crippen molar-refractivity contribution in [2.24, 2.45) is 5.73 Å². The number of nitrogens with two attached hydrogens (primary N) is 1. The van der Waals surface area contributed by atoms with E-state index in [-0.39, 0.29) is 5.75 Å². The maximum Gasteiger partial charge on any atom is 0.211 e. The van der Waals surface area contributed by atoms with E-state index in [9.17, 15) is 8.42 Å². The number of hydrogen-bond donors (Lipinski definition) is 2. The lowest BCUT2D eigenvalue weighted by molar-refractivity contribution is 0.278. The summed E-state index contributed by atoms with van der Waals surface area (Å²) in [5, 5.41) is 0. The molecule has 0 spiro atoms. The molecule has 5 nitrogen and oxygen atoms in total. The molecule has 0 aromatic carbocycles. The van der Waals surface area contributed by atoms with Crippen molar-refractivity contribution in [3.05, 3.63) is 0 Å². The Labute approximate surface area is 93.1 Å². The van der Waals surface area contributed by atoms with Crippen LogP contribution < -0.4 is 10.5 Å². The topological polar surface area (TPSA) is 75.4 Å². The first-order chi connectivity index (χ1) is 6.89. The van der Waals surface area contributed by atoms with Crippen molar-refractivity contribution in [1.82, 2.24) is 9.62 Å². The molecule has 0 atom stereocenters. The Balaban J connectivity index is 3.75. The molecule has 0 radical (unpaired) electrons. The van der Waals surface area contributed by atoms with E-state index in [0.717, 1.165) is 6.54 Å². The van der Waals surface area contributed by atoms with Crippen LogP contribution in [0.5, 0.6) is 0 Å². The normalized spacial score (nSPS) is 12.7. The Hall–Kier alpha value is -0.170. The van der Waals surface area contributed by atoms with Gasteiger partial charge in [0.2, 0.25) is 10.0 Å². The van der Waals surface area contributed by atoms with E-state index >= 15 is 0 Å². The van der Waals surface area contributed by atoms with E-state index in [1.807, 2.05) is 7.05 Å². The fraction of sp³-hybridized carbons (Fsp3) is 1.00. The Bertz CT molecular complexity index is 252. The molecule has 92 valence electrons. The summed E-state index contributed by atoms with van der Waals surface area (Å²) in [6, 6.07) is 0.429. The van der Waals surface area contributed by atoms with Gasteiger partial charge in [0.05, 0.1) is 5.75 Å². The van der Waals surface area contributed by atoms with Crippen LogP contribution >= 0.6 is 0 Å². The maximum absolute atomic E-state index is 11.4. The quantitative estimate of drug-likeness (QED) is 0.602. The van der Waals surface area contributed by atoms with Gasteiger partial charge in [0.1, 0.15) is 0 Å². The van der Waals surface area contributed by atoms with Crippen molar-refractivity contribution in [2.75, 3.05) is 32.4 Å². The van der Waals surface area contributed by atoms with Gasteiger partial charge in [-0.05, 0) is 33.9 Å². The van der Waals surface area contributed by atoms with E-state index in [1.54, 1.807) is 0 Å². The molecule has 0 heterocycles. The number of rotatable bonds is 8. The van der Waals surface area contributed by atoms with E-state index in [1.165, 1.54) is 0 Å². The van der Waals surface area contributed by atoms with E-state index in [0.29, 0.717) is 25.6 Å². The van der Waals surface area contributed by atoms with Crippen LogP contribution in [0.4, 0.5) is 0 Å². The molecule has 0 aromatic heterocycles. The fourth-order valence-electron chi connectivity index (χ4n) is 0.981. The number of nitrogens with one attached hydrogen (secondary N) is 1. The first-order valence-electron chi connectivity index (χ1n) is 5.26. The minimum atomic E-state index is -3.12. The first kappa shape index (κ1) is 14.8. The van der Waals surface area contributed by atoms with Crippen molar-refractivity contribution in [1.29, 1.82) is 0 Å². The third kappa shape index (κ3) is 7.72. The zero-order valence-corrected chi connectivity index (χ0v) is 10.7. The molecule has 0 aliphatic heterocycles. The molecule has 0 aromatic rings. The molecule has 6 heteroatoms. The lowest BCUT2D eigenvalue weighted by Crippen LogP contribution is -2.37. The van der Waals surface area contributed by atoms with Gasteiger partial charge >= 0.3 is 0 Å². The van der Waals surface area contributed by atoms with Crippen molar-refractivity contribution < 1.29 is 8.42 Å². The van der Waals surface area contributed by atoms with Crippen LogP contribution in [0.1, 0.15) is 20.3 Å². The first-order valence-corrected chi connectivity index (χ1v) is 6.92. The van der Waals surface area contributed by atoms with Crippen LogP contribution in [0.2, 0.25) is 0 Å². The number of sulfonamides is 1. The molecular weight excluding hydrogens is 214 g/mol. The summed E-state index contributed by atoms with van der Waals surface area (Å²) in [6.07, 6.45) is 0.509. The number of hydrogen-bond acceptors (Lipinski definition) is 4. The van der Waals surface area contributed by atoms with E-state index in [4.69, 9.17) is 5.73 Å². The number of likely N-dealkylation sites (N-methyl/N-ethyl adjacent to an activating group) is 1. The summed E-state index contributed by atoms with van der Waals surface area (Å²) in [5.74, 6) is 0.120.